The topological polar surface area (TPSA) is 144 Å². The summed E-state index contributed by atoms with van der Waals surface area (Å²) in [6, 6.07) is 13.4. The van der Waals surface area contributed by atoms with Gasteiger partial charge in [-0.3, -0.25) is 4.90 Å². The quantitative estimate of drug-likeness (QED) is 0.224. The van der Waals surface area contributed by atoms with Crippen molar-refractivity contribution in [3.8, 4) is 10.4 Å². The van der Waals surface area contributed by atoms with Crippen molar-refractivity contribution in [1.82, 2.24) is 15.0 Å². The van der Waals surface area contributed by atoms with E-state index in [9.17, 15) is 18.0 Å². The highest BCUT2D eigenvalue weighted by Gasteiger charge is 2.51. The molecule has 10 nitrogen and oxygen atoms in total. The van der Waals surface area contributed by atoms with Crippen LogP contribution in [0.4, 0.5) is 15.3 Å². The number of nitrogens with zero attached hydrogens (tertiary/aromatic N) is 2. The van der Waals surface area contributed by atoms with Crippen molar-refractivity contribution in [2.24, 2.45) is 5.73 Å². The smallest absolute Gasteiger partial charge is 0.407 e. The summed E-state index contributed by atoms with van der Waals surface area (Å²) in [5, 5.41) is 4.13. The molecular formula is C34H45N5O5S2. The van der Waals surface area contributed by atoms with E-state index in [1.165, 1.54) is 22.3 Å². The first-order valence-electron chi connectivity index (χ1n) is 15.8. The van der Waals surface area contributed by atoms with Crippen LogP contribution in [0.3, 0.4) is 0 Å². The number of thiazole rings is 1. The predicted octanol–water partition coefficient (Wildman–Crippen LogP) is 7.01. The fourth-order valence-electron chi connectivity index (χ4n) is 6.76. The maximum absolute atomic E-state index is 13.9. The number of carbonyl (C=O) groups is 2. The third-order valence-corrected chi connectivity index (χ3v) is 12.1. The molecule has 3 fully saturated rings. The summed E-state index contributed by atoms with van der Waals surface area (Å²) in [6.07, 6.45) is 6.35. The maximum Gasteiger partial charge on any atom is 0.407 e. The minimum Gasteiger partial charge on any atom is -0.447 e. The average molecular weight is 668 g/mol. The number of primary amides is 1. The number of aromatic nitrogens is 1. The van der Waals surface area contributed by atoms with Crippen LogP contribution in [0.15, 0.2) is 59.6 Å². The lowest BCUT2D eigenvalue weighted by atomic mass is 9.57. The van der Waals surface area contributed by atoms with Gasteiger partial charge in [0.15, 0.2) is 0 Å². The van der Waals surface area contributed by atoms with Crippen LogP contribution >= 0.6 is 11.3 Å². The number of nitrogens with two attached hydrogens (primary N) is 1. The van der Waals surface area contributed by atoms with Crippen molar-refractivity contribution in [2.75, 3.05) is 4.90 Å². The third-order valence-electron chi connectivity index (χ3n) is 9.06. The van der Waals surface area contributed by atoms with Crippen molar-refractivity contribution in [3.05, 3.63) is 65.3 Å². The van der Waals surface area contributed by atoms with Gasteiger partial charge in [0.1, 0.15) is 0 Å². The Morgan fingerprint density at radius 2 is 1.63 bits per heavy atom. The fourth-order valence-corrected chi connectivity index (χ4v) is 9.72. The van der Waals surface area contributed by atoms with Crippen LogP contribution in [-0.4, -0.2) is 42.7 Å². The fraction of sp³-hybridized carbons (Fsp3) is 0.500. The van der Waals surface area contributed by atoms with Crippen molar-refractivity contribution in [1.29, 1.82) is 0 Å². The van der Waals surface area contributed by atoms with E-state index in [1.807, 2.05) is 51.1 Å². The molecule has 0 radical (unpaired) electrons. The SMILES string of the molecule is CC(C)OC(=O)NC12CCC(c3ncc(-c4ccc(N(C(N)=O)[C@@H](C)c5ccccc5)cc4S(=O)(=O)NC(C)(C)C)s3)(CC1)CC2. The highest BCUT2D eigenvalue weighted by molar-refractivity contribution is 7.89. The minimum absolute atomic E-state index is 0.0540. The van der Waals surface area contributed by atoms with Gasteiger partial charge in [0.25, 0.3) is 0 Å². The molecule has 3 saturated carbocycles. The number of anilines is 1. The molecule has 3 aliphatic carbocycles. The number of urea groups is 1. The van der Waals surface area contributed by atoms with Gasteiger partial charge in [-0.25, -0.2) is 27.7 Å². The van der Waals surface area contributed by atoms with Crippen LogP contribution in [0, 0.1) is 0 Å². The molecule has 3 aliphatic rings. The molecule has 12 heteroatoms. The maximum atomic E-state index is 13.9. The molecule has 1 aromatic heterocycles. The Balaban J connectivity index is 1.49. The summed E-state index contributed by atoms with van der Waals surface area (Å²) < 4.78 is 36.0. The van der Waals surface area contributed by atoms with E-state index >= 15 is 0 Å². The number of carbonyl (C=O) groups excluding carboxylic acids is 2. The summed E-state index contributed by atoms with van der Waals surface area (Å²) in [5.74, 6) is 0. The molecule has 2 aromatic carbocycles. The number of hydrogen-bond donors (Lipinski definition) is 3. The molecule has 4 N–H and O–H groups in total. The normalized spacial score (nSPS) is 22.0. The zero-order chi connectivity index (χ0) is 33.5. The Hall–Kier alpha value is -3.48. The van der Waals surface area contributed by atoms with Gasteiger partial charge in [0, 0.05) is 33.9 Å². The van der Waals surface area contributed by atoms with Gasteiger partial charge in [-0.1, -0.05) is 36.4 Å². The van der Waals surface area contributed by atoms with Gasteiger partial charge < -0.3 is 15.8 Å². The molecule has 6 rings (SSSR count). The van der Waals surface area contributed by atoms with E-state index in [0.717, 1.165) is 54.0 Å². The summed E-state index contributed by atoms with van der Waals surface area (Å²) in [4.78, 5) is 32.2. The first-order chi connectivity index (χ1) is 21.5. The lowest BCUT2D eigenvalue weighted by Crippen LogP contribution is -2.58. The number of nitrogens with one attached hydrogen (secondary N) is 2. The van der Waals surface area contributed by atoms with Crippen LogP contribution < -0.4 is 20.7 Å². The van der Waals surface area contributed by atoms with E-state index in [4.69, 9.17) is 15.5 Å². The number of amides is 3. The number of alkyl carbamates (subject to hydrolysis) is 1. The zero-order valence-electron chi connectivity index (χ0n) is 27.4. The predicted molar refractivity (Wildman–Crippen MR) is 181 cm³/mol. The van der Waals surface area contributed by atoms with E-state index < -0.39 is 27.6 Å². The van der Waals surface area contributed by atoms with E-state index in [1.54, 1.807) is 39.1 Å². The number of rotatable bonds is 9. The van der Waals surface area contributed by atoms with Crippen molar-refractivity contribution in [3.63, 3.8) is 0 Å². The molecule has 0 spiro atoms. The molecule has 3 amide bonds. The monoisotopic (exact) mass is 667 g/mol. The largest absolute Gasteiger partial charge is 0.447 e. The summed E-state index contributed by atoms with van der Waals surface area (Å²) in [6.45, 7) is 10.9. The molecule has 2 bridgehead atoms. The number of hydrogen-bond acceptors (Lipinski definition) is 7. The summed E-state index contributed by atoms with van der Waals surface area (Å²) >= 11 is 1.51. The number of benzene rings is 2. The summed E-state index contributed by atoms with van der Waals surface area (Å²) in [7, 11) is -4.03. The molecule has 0 unspecified atom stereocenters. The molecular weight excluding hydrogens is 623 g/mol. The summed E-state index contributed by atoms with van der Waals surface area (Å²) in [5.41, 5.74) is 6.52. The Labute approximate surface area is 276 Å². The van der Waals surface area contributed by atoms with Gasteiger partial charge in [-0.05, 0) is 97.8 Å². The van der Waals surface area contributed by atoms with Crippen LogP contribution in [0.1, 0.15) is 96.7 Å². The van der Waals surface area contributed by atoms with E-state index in [0.29, 0.717) is 11.3 Å². The van der Waals surface area contributed by atoms with Crippen LogP contribution in [-0.2, 0) is 20.2 Å². The van der Waals surface area contributed by atoms with Gasteiger partial charge >= 0.3 is 12.1 Å². The van der Waals surface area contributed by atoms with Gasteiger partial charge in [0.2, 0.25) is 10.0 Å². The molecule has 0 saturated heterocycles. The molecule has 248 valence electrons. The zero-order valence-corrected chi connectivity index (χ0v) is 29.1. The van der Waals surface area contributed by atoms with Crippen molar-refractivity contribution < 1.29 is 22.7 Å². The molecule has 1 atom stereocenters. The van der Waals surface area contributed by atoms with Crippen molar-refractivity contribution >= 4 is 39.2 Å². The first-order valence-corrected chi connectivity index (χ1v) is 18.1. The van der Waals surface area contributed by atoms with E-state index in [2.05, 4.69) is 10.0 Å². The van der Waals surface area contributed by atoms with Crippen LogP contribution in [0.2, 0.25) is 0 Å². The Bertz CT molecular complexity index is 1670. The highest BCUT2D eigenvalue weighted by atomic mass is 32.2. The minimum atomic E-state index is -4.03. The van der Waals surface area contributed by atoms with Crippen molar-refractivity contribution in [2.45, 2.75) is 114 Å². The van der Waals surface area contributed by atoms with E-state index in [-0.39, 0.29) is 28.0 Å². The van der Waals surface area contributed by atoms with Gasteiger partial charge in [-0.2, -0.15) is 0 Å². The highest BCUT2D eigenvalue weighted by Crippen LogP contribution is 2.55. The Morgan fingerprint density at radius 1 is 1.00 bits per heavy atom. The number of sulfonamides is 1. The Kier molecular flexibility index (Phi) is 9.29. The molecule has 46 heavy (non-hydrogen) atoms. The second-order valence-electron chi connectivity index (χ2n) is 14.0. The Morgan fingerprint density at radius 3 is 2.20 bits per heavy atom. The van der Waals surface area contributed by atoms with Gasteiger partial charge in [0.05, 0.1) is 26.9 Å². The standard InChI is InChI=1S/C34H45N5O5S2/c1-22(2)44-31(41)37-34-17-14-33(15-18-34,16-19-34)29-36-21-27(45-29)26-13-12-25(20-28(26)46(42,43)38-32(4,5)6)39(30(35)40)23(3)24-10-8-7-9-11-24/h7-13,20-23,38H,14-19H2,1-6H3,(H2,35,40)(H,37,41)/t23-,33?,34?/m0/s1. The third kappa shape index (κ3) is 7.08. The second kappa shape index (κ2) is 12.6. The molecule has 3 aromatic rings. The molecule has 1 heterocycles. The molecule has 0 aliphatic heterocycles. The average Bonchev–Trinajstić information content (AvgIpc) is 3.48. The van der Waals surface area contributed by atoms with Crippen LogP contribution in [0.25, 0.3) is 10.4 Å². The van der Waals surface area contributed by atoms with Gasteiger partial charge in [-0.15, -0.1) is 11.3 Å². The second-order valence-corrected chi connectivity index (χ2v) is 16.7. The first kappa shape index (κ1) is 33.9. The lowest BCUT2D eigenvalue weighted by molar-refractivity contribution is 0.0560. The van der Waals surface area contributed by atoms with Crippen LogP contribution in [0.5, 0.6) is 0 Å². The lowest BCUT2D eigenvalue weighted by Gasteiger charge is -2.52. The number of ether oxygens (including phenoxy) is 1. The number of fused-ring (bicyclic) bond motifs is 3.